The van der Waals surface area contributed by atoms with E-state index in [1.165, 1.54) is 5.56 Å². The minimum Gasteiger partial charge on any atom is -0.236 e. The molecule has 0 saturated heterocycles. The molecule has 0 amide bonds. The van der Waals surface area contributed by atoms with Gasteiger partial charge in [-0.1, -0.05) is 24.3 Å². The van der Waals surface area contributed by atoms with Crippen molar-refractivity contribution < 1.29 is 0 Å². The van der Waals surface area contributed by atoms with Crippen molar-refractivity contribution >= 4 is 0 Å². The number of nitriles is 1. The number of hydrogen-bond donors (Lipinski definition) is 0. The van der Waals surface area contributed by atoms with Gasteiger partial charge in [0.2, 0.25) is 0 Å². The fraction of sp³-hybridized carbons (Fsp3) is 0.312. The molecule has 1 saturated carbocycles. The smallest absolute Gasteiger partial charge is 0.149 e. The zero-order valence-electron chi connectivity index (χ0n) is 11.1. The van der Waals surface area contributed by atoms with Crippen LogP contribution in [-0.2, 0) is 5.41 Å². The lowest BCUT2D eigenvalue weighted by Crippen LogP contribution is -2.10. The van der Waals surface area contributed by atoms with E-state index >= 15 is 0 Å². The highest BCUT2D eigenvalue weighted by Gasteiger charge is 2.48. The van der Waals surface area contributed by atoms with E-state index in [4.69, 9.17) is 0 Å². The quantitative estimate of drug-likeness (QED) is 0.820. The number of hydrogen-bond acceptors (Lipinski definition) is 3. The fourth-order valence-corrected chi connectivity index (χ4v) is 2.29. The maximum Gasteiger partial charge on any atom is 0.149 e. The summed E-state index contributed by atoms with van der Waals surface area (Å²) in [6, 6.07) is 12.5. The van der Waals surface area contributed by atoms with Crippen molar-refractivity contribution in [2.75, 3.05) is 0 Å². The fourth-order valence-electron chi connectivity index (χ4n) is 2.29. The summed E-state index contributed by atoms with van der Waals surface area (Å²) in [6.07, 6.45) is 1.75. The van der Waals surface area contributed by atoms with Crippen LogP contribution in [0, 0.1) is 25.2 Å². The van der Waals surface area contributed by atoms with Crippen LogP contribution in [0.15, 0.2) is 30.3 Å². The summed E-state index contributed by atoms with van der Waals surface area (Å²) in [4.78, 5) is 9.10. The van der Waals surface area contributed by atoms with E-state index in [9.17, 15) is 5.26 Å². The molecule has 0 spiro atoms. The molecule has 1 aliphatic rings. The SMILES string of the molecule is Cc1cc(-c2ccccc2C)nc(C2(C#N)CC2)n1. The average molecular weight is 249 g/mol. The van der Waals surface area contributed by atoms with E-state index in [1.54, 1.807) is 0 Å². The molecule has 0 atom stereocenters. The maximum absolute atomic E-state index is 9.29. The molecular formula is C16H15N3. The van der Waals surface area contributed by atoms with Gasteiger partial charge < -0.3 is 0 Å². The van der Waals surface area contributed by atoms with Gasteiger partial charge in [0.15, 0.2) is 0 Å². The van der Waals surface area contributed by atoms with Gasteiger partial charge in [-0.15, -0.1) is 0 Å². The molecule has 3 heteroatoms. The number of aromatic nitrogens is 2. The van der Waals surface area contributed by atoms with Gasteiger partial charge in [-0.25, -0.2) is 9.97 Å². The Bertz CT molecular complexity index is 679. The second kappa shape index (κ2) is 4.17. The Balaban J connectivity index is 2.14. The molecule has 0 radical (unpaired) electrons. The second-order valence-corrected chi connectivity index (χ2v) is 5.23. The predicted octanol–water partition coefficient (Wildman–Crippen LogP) is 3.32. The normalized spacial score (nSPS) is 15.8. The van der Waals surface area contributed by atoms with Crippen LogP contribution in [-0.4, -0.2) is 9.97 Å². The van der Waals surface area contributed by atoms with Gasteiger partial charge in [-0.3, -0.25) is 0 Å². The van der Waals surface area contributed by atoms with Crippen LogP contribution in [0.5, 0.6) is 0 Å². The van der Waals surface area contributed by atoms with Gasteiger partial charge >= 0.3 is 0 Å². The standard InChI is InChI=1S/C16H15N3/c1-11-5-3-4-6-13(11)14-9-12(2)18-15(19-14)16(10-17)7-8-16/h3-6,9H,7-8H2,1-2H3. The maximum atomic E-state index is 9.29. The van der Waals surface area contributed by atoms with E-state index < -0.39 is 5.41 Å². The molecule has 1 aromatic carbocycles. The Labute approximate surface area is 113 Å². The van der Waals surface area contributed by atoms with E-state index in [0.717, 1.165) is 29.8 Å². The van der Waals surface area contributed by atoms with Crippen LogP contribution in [0.3, 0.4) is 0 Å². The Morgan fingerprint density at radius 1 is 1.16 bits per heavy atom. The topological polar surface area (TPSA) is 49.6 Å². The van der Waals surface area contributed by atoms with E-state index in [1.807, 2.05) is 25.1 Å². The predicted molar refractivity (Wildman–Crippen MR) is 73.5 cm³/mol. The van der Waals surface area contributed by atoms with Crippen LogP contribution in [0.1, 0.15) is 29.9 Å². The first-order valence-corrected chi connectivity index (χ1v) is 6.48. The van der Waals surface area contributed by atoms with Crippen molar-refractivity contribution in [2.24, 2.45) is 0 Å². The first-order valence-electron chi connectivity index (χ1n) is 6.48. The summed E-state index contributed by atoms with van der Waals surface area (Å²) in [6.45, 7) is 4.03. The summed E-state index contributed by atoms with van der Waals surface area (Å²) < 4.78 is 0. The molecule has 0 unspecified atom stereocenters. The number of benzene rings is 1. The third-order valence-corrected chi connectivity index (χ3v) is 3.67. The lowest BCUT2D eigenvalue weighted by atomic mass is 10.0. The molecule has 3 rings (SSSR count). The second-order valence-electron chi connectivity index (χ2n) is 5.23. The molecule has 0 N–H and O–H groups in total. The number of aryl methyl sites for hydroxylation is 2. The molecule has 0 bridgehead atoms. The highest BCUT2D eigenvalue weighted by Crippen LogP contribution is 2.46. The minimum absolute atomic E-state index is 0.427. The zero-order valence-corrected chi connectivity index (χ0v) is 11.1. The molecule has 0 aliphatic heterocycles. The van der Waals surface area contributed by atoms with Crippen molar-refractivity contribution in [2.45, 2.75) is 32.1 Å². The zero-order chi connectivity index (χ0) is 13.5. The van der Waals surface area contributed by atoms with Crippen molar-refractivity contribution in [3.8, 4) is 17.3 Å². The summed E-state index contributed by atoms with van der Waals surface area (Å²) in [5, 5.41) is 9.29. The summed E-state index contributed by atoms with van der Waals surface area (Å²) in [5.41, 5.74) is 3.71. The van der Waals surface area contributed by atoms with Gasteiger partial charge in [0.05, 0.1) is 11.8 Å². The molecule has 3 nitrogen and oxygen atoms in total. The lowest BCUT2D eigenvalue weighted by Gasteiger charge is -2.10. The van der Waals surface area contributed by atoms with Crippen molar-refractivity contribution in [1.29, 1.82) is 5.26 Å². The first-order chi connectivity index (χ1) is 9.14. The Kier molecular flexibility index (Phi) is 2.60. The molecule has 1 heterocycles. The van der Waals surface area contributed by atoms with Crippen LogP contribution in [0.4, 0.5) is 0 Å². The van der Waals surface area contributed by atoms with Gasteiger partial charge in [-0.2, -0.15) is 5.26 Å². The highest BCUT2D eigenvalue weighted by atomic mass is 14.9. The lowest BCUT2D eigenvalue weighted by molar-refractivity contribution is 0.789. The molecule has 1 aliphatic carbocycles. The molecular weight excluding hydrogens is 234 g/mol. The van der Waals surface area contributed by atoms with Gasteiger partial charge in [0.1, 0.15) is 11.2 Å². The number of rotatable bonds is 2. The Morgan fingerprint density at radius 2 is 1.89 bits per heavy atom. The number of nitrogens with zero attached hydrogens (tertiary/aromatic N) is 3. The molecule has 2 aromatic rings. The minimum atomic E-state index is -0.427. The first kappa shape index (κ1) is 11.9. The monoisotopic (exact) mass is 249 g/mol. The van der Waals surface area contributed by atoms with E-state index in [-0.39, 0.29) is 0 Å². The molecule has 19 heavy (non-hydrogen) atoms. The van der Waals surface area contributed by atoms with E-state index in [0.29, 0.717) is 5.82 Å². The van der Waals surface area contributed by atoms with Gasteiger partial charge in [-0.05, 0) is 38.3 Å². The van der Waals surface area contributed by atoms with Crippen LogP contribution in [0.25, 0.3) is 11.3 Å². The van der Waals surface area contributed by atoms with Gasteiger partial charge in [0, 0.05) is 11.3 Å². The molecule has 1 fully saturated rings. The molecule has 1 aromatic heterocycles. The summed E-state index contributed by atoms with van der Waals surface area (Å²) >= 11 is 0. The third-order valence-electron chi connectivity index (χ3n) is 3.67. The van der Waals surface area contributed by atoms with E-state index in [2.05, 4.69) is 35.1 Å². The van der Waals surface area contributed by atoms with Gasteiger partial charge in [0.25, 0.3) is 0 Å². The summed E-state index contributed by atoms with van der Waals surface area (Å²) in [7, 11) is 0. The van der Waals surface area contributed by atoms with Crippen LogP contribution in [0.2, 0.25) is 0 Å². The van der Waals surface area contributed by atoms with Crippen molar-refractivity contribution in [3.05, 3.63) is 47.4 Å². The molecule has 94 valence electrons. The Morgan fingerprint density at radius 3 is 2.53 bits per heavy atom. The van der Waals surface area contributed by atoms with Crippen molar-refractivity contribution in [1.82, 2.24) is 9.97 Å². The average Bonchev–Trinajstić information content (AvgIpc) is 3.19. The summed E-state index contributed by atoms with van der Waals surface area (Å²) in [5.74, 6) is 0.688. The highest BCUT2D eigenvalue weighted by molar-refractivity contribution is 5.63. The van der Waals surface area contributed by atoms with Crippen LogP contribution < -0.4 is 0 Å². The Hall–Kier alpha value is -2.21. The largest absolute Gasteiger partial charge is 0.236 e. The van der Waals surface area contributed by atoms with Crippen LogP contribution >= 0.6 is 0 Å². The third kappa shape index (κ3) is 2.00. The van der Waals surface area contributed by atoms with Crippen molar-refractivity contribution in [3.63, 3.8) is 0 Å².